The zero-order valence-corrected chi connectivity index (χ0v) is 13.7. The monoisotopic (exact) mass is 296 g/mol. The molecule has 0 radical (unpaired) electrons. The lowest BCUT2D eigenvalue weighted by Gasteiger charge is -2.34. The van der Waals surface area contributed by atoms with Crippen LogP contribution in [-0.4, -0.2) is 30.6 Å². The Morgan fingerprint density at radius 1 is 1.05 bits per heavy atom. The van der Waals surface area contributed by atoms with Crippen molar-refractivity contribution in [1.82, 2.24) is 10.2 Å². The molecule has 2 rings (SSSR count). The highest BCUT2D eigenvalue weighted by Gasteiger charge is 2.20. The zero-order chi connectivity index (χ0) is 13.5. The predicted octanol–water partition coefficient (Wildman–Crippen LogP) is 3.63. The van der Waals surface area contributed by atoms with Crippen molar-refractivity contribution >= 4 is 12.4 Å². The van der Waals surface area contributed by atoms with Crippen LogP contribution >= 0.6 is 12.4 Å². The number of halogens is 1. The van der Waals surface area contributed by atoms with Crippen LogP contribution in [0.25, 0.3) is 0 Å². The number of nitrogens with zero attached hydrogens (tertiary/aromatic N) is 1. The number of rotatable bonds is 6. The maximum atomic E-state index is 3.46. The van der Waals surface area contributed by atoms with Gasteiger partial charge in [-0.25, -0.2) is 0 Å². The quantitative estimate of drug-likeness (QED) is 0.862. The second-order valence-electron chi connectivity index (χ2n) is 5.62. The van der Waals surface area contributed by atoms with Gasteiger partial charge in [0.25, 0.3) is 0 Å². The van der Waals surface area contributed by atoms with Crippen molar-refractivity contribution in [2.45, 2.75) is 52.1 Å². The average molecular weight is 297 g/mol. The molecule has 1 aromatic rings. The van der Waals surface area contributed by atoms with Crippen LogP contribution in [-0.2, 0) is 13.0 Å². The van der Waals surface area contributed by atoms with Crippen LogP contribution in [0.15, 0.2) is 24.3 Å². The average Bonchev–Trinajstić information content (AvgIpc) is 2.48. The summed E-state index contributed by atoms with van der Waals surface area (Å²) in [5.41, 5.74) is 2.90. The first kappa shape index (κ1) is 17.5. The van der Waals surface area contributed by atoms with Crippen molar-refractivity contribution in [2.75, 3.05) is 19.6 Å². The van der Waals surface area contributed by atoms with Crippen molar-refractivity contribution in [3.8, 4) is 0 Å². The van der Waals surface area contributed by atoms with E-state index in [1.54, 1.807) is 0 Å². The van der Waals surface area contributed by atoms with Crippen molar-refractivity contribution in [3.63, 3.8) is 0 Å². The molecule has 1 aliphatic rings. The van der Waals surface area contributed by atoms with Crippen LogP contribution in [0.1, 0.15) is 44.2 Å². The molecule has 0 saturated carbocycles. The highest BCUT2D eigenvalue weighted by molar-refractivity contribution is 5.85. The molecule has 2 nitrogen and oxygen atoms in total. The van der Waals surface area contributed by atoms with Gasteiger partial charge in [0.1, 0.15) is 0 Å². The Morgan fingerprint density at radius 2 is 1.65 bits per heavy atom. The maximum Gasteiger partial charge on any atom is 0.0236 e. The molecular formula is C17H29ClN2. The van der Waals surface area contributed by atoms with E-state index in [2.05, 4.69) is 48.3 Å². The molecule has 1 saturated heterocycles. The molecule has 3 heteroatoms. The molecule has 0 atom stereocenters. The fraction of sp³-hybridized carbons (Fsp3) is 0.647. The summed E-state index contributed by atoms with van der Waals surface area (Å²) in [5, 5.41) is 3.46. The summed E-state index contributed by atoms with van der Waals surface area (Å²) in [5.74, 6) is 0. The Bertz CT molecular complexity index is 358. The SMILES string of the molecule is CCCN(Cc1ccc(CC)cc1)C1CCNCC1.Cl. The minimum atomic E-state index is 0. The lowest BCUT2D eigenvalue weighted by Crippen LogP contribution is -2.43. The van der Waals surface area contributed by atoms with Crippen molar-refractivity contribution in [1.29, 1.82) is 0 Å². The molecule has 0 spiro atoms. The molecule has 0 aromatic heterocycles. The summed E-state index contributed by atoms with van der Waals surface area (Å²) >= 11 is 0. The molecule has 1 heterocycles. The molecule has 20 heavy (non-hydrogen) atoms. The van der Waals surface area contributed by atoms with Gasteiger partial charge in [-0.15, -0.1) is 12.4 Å². The van der Waals surface area contributed by atoms with Crippen LogP contribution in [0, 0.1) is 0 Å². The Kier molecular flexibility index (Phi) is 8.20. The second kappa shape index (κ2) is 9.38. The predicted molar refractivity (Wildman–Crippen MR) is 89.7 cm³/mol. The summed E-state index contributed by atoms with van der Waals surface area (Å²) in [6.45, 7) is 9.20. The van der Waals surface area contributed by atoms with Gasteiger partial charge in [0.05, 0.1) is 0 Å². The molecule has 114 valence electrons. The Balaban J connectivity index is 0.00000200. The van der Waals surface area contributed by atoms with Gasteiger partial charge >= 0.3 is 0 Å². The third kappa shape index (κ3) is 5.08. The van der Waals surface area contributed by atoms with Crippen molar-refractivity contribution < 1.29 is 0 Å². The molecule has 1 aliphatic heterocycles. The second-order valence-corrected chi connectivity index (χ2v) is 5.62. The van der Waals surface area contributed by atoms with Gasteiger partial charge in [-0.1, -0.05) is 38.1 Å². The number of nitrogens with one attached hydrogen (secondary N) is 1. The van der Waals surface area contributed by atoms with E-state index in [1.165, 1.54) is 50.0 Å². The normalized spacial score (nSPS) is 16.1. The summed E-state index contributed by atoms with van der Waals surface area (Å²) in [7, 11) is 0. The lowest BCUT2D eigenvalue weighted by atomic mass is 10.0. The van der Waals surface area contributed by atoms with Crippen LogP contribution < -0.4 is 5.32 Å². The molecule has 1 N–H and O–H groups in total. The Morgan fingerprint density at radius 3 is 2.20 bits per heavy atom. The summed E-state index contributed by atoms with van der Waals surface area (Å²) in [6.07, 6.45) is 4.98. The van der Waals surface area contributed by atoms with E-state index in [0.717, 1.165) is 19.0 Å². The zero-order valence-electron chi connectivity index (χ0n) is 12.9. The topological polar surface area (TPSA) is 15.3 Å². The minimum Gasteiger partial charge on any atom is -0.317 e. The number of piperidine rings is 1. The van der Waals surface area contributed by atoms with Crippen LogP contribution in [0.2, 0.25) is 0 Å². The molecular weight excluding hydrogens is 268 g/mol. The van der Waals surface area contributed by atoms with Crippen LogP contribution in [0.3, 0.4) is 0 Å². The lowest BCUT2D eigenvalue weighted by molar-refractivity contribution is 0.154. The van der Waals surface area contributed by atoms with Gasteiger partial charge in [-0.05, 0) is 56.4 Å². The van der Waals surface area contributed by atoms with Crippen molar-refractivity contribution in [3.05, 3.63) is 35.4 Å². The smallest absolute Gasteiger partial charge is 0.0236 e. The fourth-order valence-corrected chi connectivity index (χ4v) is 2.96. The highest BCUT2D eigenvalue weighted by Crippen LogP contribution is 2.16. The molecule has 1 fully saturated rings. The number of hydrogen-bond donors (Lipinski definition) is 1. The Hall–Kier alpha value is -0.570. The number of aryl methyl sites for hydroxylation is 1. The van der Waals surface area contributed by atoms with Crippen LogP contribution in [0.4, 0.5) is 0 Å². The number of benzene rings is 1. The first-order valence-corrected chi connectivity index (χ1v) is 7.86. The molecule has 0 aliphatic carbocycles. The van der Waals surface area contributed by atoms with E-state index >= 15 is 0 Å². The van der Waals surface area contributed by atoms with Gasteiger partial charge < -0.3 is 5.32 Å². The summed E-state index contributed by atoms with van der Waals surface area (Å²) in [6, 6.07) is 9.95. The molecule has 0 amide bonds. The highest BCUT2D eigenvalue weighted by atomic mass is 35.5. The third-order valence-electron chi connectivity index (χ3n) is 4.15. The van der Waals surface area contributed by atoms with E-state index < -0.39 is 0 Å². The number of hydrogen-bond acceptors (Lipinski definition) is 2. The van der Waals surface area contributed by atoms with E-state index in [9.17, 15) is 0 Å². The van der Waals surface area contributed by atoms with Crippen molar-refractivity contribution in [2.24, 2.45) is 0 Å². The largest absolute Gasteiger partial charge is 0.317 e. The van der Waals surface area contributed by atoms with E-state index in [4.69, 9.17) is 0 Å². The van der Waals surface area contributed by atoms with E-state index in [1.807, 2.05) is 0 Å². The maximum absolute atomic E-state index is 3.46. The van der Waals surface area contributed by atoms with E-state index in [0.29, 0.717) is 0 Å². The summed E-state index contributed by atoms with van der Waals surface area (Å²) in [4.78, 5) is 2.68. The first-order chi connectivity index (χ1) is 9.33. The molecule has 1 aromatic carbocycles. The van der Waals surface area contributed by atoms with E-state index in [-0.39, 0.29) is 12.4 Å². The summed E-state index contributed by atoms with van der Waals surface area (Å²) < 4.78 is 0. The Labute approximate surface area is 130 Å². The standard InChI is InChI=1S/C17H28N2.ClH/c1-3-13-19(17-9-11-18-12-10-17)14-16-7-5-15(4-2)6-8-16;/h5-8,17-18H,3-4,9-14H2,1-2H3;1H. The third-order valence-corrected chi connectivity index (χ3v) is 4.15. The van der Waals surface area contributed by atoms with Crippen LogP contribution in [0.5, 0.6) is 0 Å². The molecule has 0 unspecified atom stereocenters. The van der Waals surface area contributed by atoms with Gasteiger partial charge in [-0.3, -0.25) is 4.90 Å². The van der Waals surface area contributed by atoms with Gasteiger partial charge in [0, 0.05) is 12.6 Å². The molecule has 0 bridgehead atoms. The van der Waals surface area contributed by atoms with Gasteiger partial charge in [0.15, 0.2) is 0 Å². The fourth-order valence-electron chi connectivity index (χ4n) is 2.96. The van der Waals surface area contributed by atoms with Gasteiger partial charge in [-0.2, -0.15) is 0 Å². The first-order valence-electron chi connectivity index (χ1n) is 7.86. The van der Waals surface area contributed by atoms with Gasteiger partial charge in [0.2, 0.25) is 0 Å². The minimum absolute atomic E-state index is 0.